The van der Waals surface area contributed by atoms with Gasteiger partial charge in [0.25, 0.3) is 0 Å². The van der Waals surface area contributed by atoms with Crippen LogP contribution in [0.4, 0.5) is 0 Å². The van der Waals surface area contributed by atoms with Crippen molar-refractivity contribution in [3.8, 4) is 0 Å². The fraction of sp³-hybridized carbons (Fsp3) is 0.667. The molecular formula is C9H14O4. The molecule has 0 spiro atoms. The number of rotatable bonds is 5. The molecule has 4 heteroatoms. The van der Waals surface area contributed by atoms with Gasteiger partial charge in [0.15, 0.2) is 0 Å². The van der Waals surface area contributed by atoms with Gasteiger partial charge in [0.05, 0.1) is 6.61 Å². The van der Waals surface area contributed by atoms with Crippen LogP contribution in [-0.4, -0.2) is 40.4 Å². The normalized spacial score (nSPS) is 30.7. The summed E-state index contributed by atoms with van der Waals surface area (Å²) in [6.07, 6.45) is -0.733. The number of aliphatic hydroxyl groups is 2. The maximum absolute atomic E-state index is 10.8. The second-order valence-electron chi connectivity index (χ2n) is 3.40. The maximum atomic E-state index is 10.8. The third-order valence-corrected chi connectivity index (χ3v) is 2.17. The molecule has 3 atom stereocenters. The number of ether oxygens (including phenoxy) is 1. The van der Waals surface area contributed by atoms with E-state index in [1.54, 1.807) is 0 Å². The van der Waals surface area contributed by atoms with Crippen molar-refractivity contribution in [1.29, 1.82) is 0 Å². The van der Waals surface area contributed by atoms with E-state index in [2.05, 4.69) is 6.58 Å². The molecule has 1 rings (SSSR count). The van der Waals surface area contributed by atoms with Crippen LogP contribution in [0.2, 0.25) is 0 Å². The Bertz CT molecular complexity index is 220. The average molecular weight is 186 g/mol. The van der Waals surface area contributed by atoms with Crippen molar-refractivity contribution < 1.29 is 19.7 Å². The fourth-order valence-corrected chi connectivity index (χ4v) is 1.33. The highest BCUT2D eigenvalue weighted by Gasteiger charge is 2.53. The number of aliphatic hydroxyl groups excluding tert-OH is 2. The molecule has 0 aromatic heterocycles. The first kappa shape index (κ1) is 10.4. The van der Waals surface area contributed by atoms with E-state index in [9.17, 15) is 15.0 Å². The van der Waals surface area contributed by atoms with Gasteiger partial charge in [-0.05, 0) is 6.92 Å². The van der Waals surface area contributed by atoms with E-state index in [1.165, 1.54) is 13.0 Å². The Morgan fingerprint density at radius 1 is 1.77 bits per heavy atom. The number of carbonyl (C=O) groups excluding carboxylic acids is 1. The van der Waals surface area contributed by atoms with Crippen molar-refractivity contribution in [3.05, 3.63) is 12.7 Å². The number of hydrogen-bond acceptors (Lipinski definition) is 4. The van der Waals surface area contributed by atoms with E-state index in [0.29, 0.717) is 6.61 Å². The summed E-state index contributed by atoms with van der Waals surface area (Å²) in [4.78, 5) is 10.8. The summed E-state index contributed by atoms with van der Waals surface area (Å²) >= 11 is 0. The number of ketones is 1. The van der Waals surface area contributed by atoms with Crippen molar-refractivity contribution >= 4 is 5.78 Å². The van der Waals surface area contributed by atoms with Gasteiger partial charge in [-0.3, -0.25) is 4.79 Å². The molecule has 0 aromatic rings. The zero-order chi connectivity index (χ0) is 10.1. The van der Waals surface area contributed by atoms with Crippen LogP contribution in [0.3, 0.4) is 0 Å². The minimum atomic E-state index is -1.06. The van der Waals surface area contributed by atoms with E-state index >= 15 is 0 Å². The summed E-state index contributed by atoms with van der Waals surface area (Å²) in [6, 6.07) is 0. The lowest BCUT2D eigenvalue weighted by Crippen LogP contribution is -2.40. The van der Waals surface area contributed by atoms with Gasteiger partial charge in [0.2, 0.25) is 0 Å². The molecule has 1 fully saturated rings. The Kier molecular flexibility index (Phi) is 2.85. The summed E-state index contributed by atoms with van der Waals surface area (Å²) in [7, 11) is 0. The van der Waals surface area contributed by atoms with E-state index in [-0.39, 0.29) is 12.2 Å². The van der Waals surface area contributed by atoms with E-state index in [0.717, 1.165) is 0 Å². The summed E-state index contributed by atoms with van der Waals surface area (Å²) in [5, 5.41) is 18.8. The topological polar surface area (TPSA) is 70.1 Å². The molecule has 74 valence electrons. The van der Waals surface area contributed by atoms with Crippen LogP contribution in [0.1, 0.15) is 13.3 Å². The molecule has 2 N–H and O–H groups in total. The lowest BCUT2D eigenvalue weighted by Gasteiger charge is -2.20. The van der Waals surface area contributed by atoms with Crippen molar-refractivity contribution in [3.63, 3.8) is 0 Å². The summed E-state index contributed by atoms with van der Waals surface area (Å²) in [5.41, 5.74) is -0.862. The molecular weight excluding hydrogens is 172 g/mol. The smallest absolute Gasteiger partial charge is 0.132 e. The molecule has 0 unspecified atom stereocenters. The third-order valence-electron chi connectivity index (χ3n) is 2.17. The van der Waals surface area contributed by atoms with Crippen LogP contribution in [0.5, 0.6) is 0 Å². The molecule has 0 aliphatic carbocycles. The van der Waals surface area contributed by atoms with E-state index < -0.39 is 17.8 Å². The summed E-state index contributed by atoms with van der Waals surface area (Å²) in [5.74, 6) is -0.0622. The Balaban J connectivity index is 2.59. The van der Waals surface area contributed by atoms with E-state index in [1.807, 2.05) is 0 Å². The minimum Gasteiger partial charge on any atom is -0.387 e. The first-order chi connectivity index (χ1) is 6.02. The lowest BCUT2D eigenvalue weighted by molar-refractivity contribution is -0.120. The van der Waals surface area contributed by atoms with Gasteiger partial charge in [0, 0.05) is 6.42 Å². The van der Waals surface area contributed by atoms with Gasteiger partial charge in [0.1, 0.15) is 23.6 Å². The highest BCUT2D eigenvalue weighted by atomic mass is 16.6. The van der Waals surface area contributed by atoms with Gasteiger partial charge in [-0.25, -0.2) is 0 Å². The molecule has 1 aliphatic rings. The molecule has 1 saturated heterocycles. The van der Waals surface area contributed by atoms with Crippen molar-refractivity contribution in [2.24, 2.45) is 0 Å². The van der Waals surface area contributed by atoms with Crippen LogP contribution in [0.25, 0.3) is 0 Å². The maximum Gasteiger partial charge on any atom is 0.132 e. The Labute approximate surface area is 76.8 Å². The highest BCUT2D eigenvalue weighted by molar-refractivity contribution is 5.77. The molecule has 0 saturated carbocycles. The van der Waals surface area contributed by atoms with Crippen LogP contribution in [-0.2, 0) is 9.53 Å². The average Bonchev–Trinajstić information content (AvgIpc) is 2.82. The van der Waals surface area contributed by atoms with E-state index in [4.69, 9.17) is 4.74 Å². The zero-order valence-electron chi connectivity index (χ0n) is 7.56. The van der Waals surface area contributed by atoms with Gasteiger partial charge in [-0.1, -0.05) is 6.08 Å². The van der Waals surface area contributed by atoms with Gasteiger partial charge >= 0.3 is 0 Å². The summed E-state index contributed by atoms with van der Waals surface area (Å²) < 4.78 is 5.01. The fourth-order valence-electron chi connectivity index (χ4n) is 1.33. The van der Waals surface area contributed by atoms with Crippen LogP contribution < -0.4 is 0 Å². The molecule has 4 nitrogen and oxygen atoms in total. The standard InChI is InChI=1S/C9H14O4/c1-3-7(11)8(12)9(5-13-9)4-6(2)10/h3,7-8,11-12H,1,4-5H2,2H3/t7-,8-,9-/m1/s1. The van der Waals surface area contributed by atoms with Crippen LogP contribution >= 0.6 is 0 Å². The first-order valence-electron chi connectivity index (χ1n) is 4.14. The largest absolute Gasteiger partial charge is 0.387 e. The number of Topliss-reactive ketones (excluding diaryl/α,β-unsaturated/α-hetero) is 1. The Morgan fingerprint density at radius 3 is 2.62 bits per heavy atom. The van der Waals surface area contributed by atoms with Crippen LogP contribution in [0.15, 0.2) is 12.7 Å². The lowest BCUT2D eigenvalue weighted by atomic mass is 9.93. The minimum absolute atomic E-state index is 0.0622. The molecule has 0 radical (unpaired) electrons. The number of epoxide rings is 1. The second-order valence-corrected chi connectivity index (χ2v) is 3.40. The number of carbonyl (C=O) groups is 1. The second kappa shape index (κ2) is 3.57. The summed E-state index contributed by atoms with van der Waals surface area (Å²) in [6.45, 7) is 5.10. The first-order valence-corrected chi connectivity index (χ1v) is 4.14. The molecule has 1 heterocycles. The molecule has 0 aromatic carbocycles. The molecule has 0 bridgehead atoms. The quantitative estimate of drug-likeness (QED) is 0.454. The van der Waals surface area contributed by atoms with Gasteiger partial charge < -0.3 is 14.9 Å². The number of hydrogen-bond donors (Lipinski definition) is 2. The molecule has 0 amide bonds. The van der Waals surface area contributed by atoms with Crippen molar-refractivity contribution in [2.45, 2.75) is 31.2 Å². The Hall–Kier alpha value is -0.710. The predicted molar refractivity (Wildman–Crippen MR) is 46.2 cm³/mol. The van der Waals surface area contributed by atoms with Gasteiger partial charge in [-0.15, -0.1) is 6.58 Å². The Morgan fingerprint density at radius 2 is 2.31 bits per heavy atom. The molecule has 1 aliphatic heterocycles. The predicted octanol–water partition coefficient (Wildman–Crippen LogP) is -0.358. The zero-order valence-corrected chi connectivity index (χ0v) is 7.56. The van der Waals surface area contributed by atoms with Gasteiger partial charge in [-0.2, -0.15) is 0 Å². The SMILES string of the molecule is C=C[C@@H](O)[C@@H](O)[C@@]1(CC(C)=O)CO1. The molecule has 13 heavy (non-hydrogen) atoms. The van der Waals surface area contributed by atoms with Crippen molar-refractivity contribution in [1.82, 2.24) is 0 Å². The highest BCUT2D eigenvalue weighted by Crippen LogP contribution is 2.36. The monoisotopic (exact) mass is 186 g/mol. The van der Waals surface area contributed by atoms with Crippen molar-refractivity contribution in [2.75, 3.05) is 6.61 Å². The van der Waals surface area contributed by atoms with Crippen LogP contribution in [0, 0.1) is 0 Å². The third kappa shape index (κ3) is 2.15.